The Hall–Kier alpha value is -0.960. The van der Waals surface area contributed by atoms with Gasteiger partial charge in [0.25, 0.3) is 0 Å². The molecule has 108 valence electrons. The molecule has 0 heterocycles. The molecule has 0 bridgehead atoms. The van der Waals surface area contributed by atoms with Crippen molar-refractivity contribution in [2.75, 3.05) is 24.3 Å². The molecule has 1 atom stereocenters. The fraction of sp³-hybridized carbons (Fsp3) is 0.455. The van der Waals surface area contributed by atoms with Gasteiger partial charge in [0.2, 0.25) is 10.0 Å². The summed E-state index contributed by atoms with van der Waals surface area (Å²) in [6.45, 7) is -0.184. The van der Waals surface area contributed by atoms with Gasteiger partial charge in [-0.3, -0.25) is 0 Å². The van der Waals surface area contributed by atoms with Gasteiger partial charge in [-0.25, -0.2) is 21.6 Å². The molecule has 8 heteroatoms. The average molecular weight is 307 g/mol. The number of benzene rings is 1. The number of sulfonamides is 1. The molecule has 6 nitrogen and oxygen atoms in total. The molecule has 0 aromatic heterocycles. The summed E-state index contributed by atoms with van der Waals surface area (Å²) in [6, 6.07) is 8.60. The van der Waals surface area contributed by atoms with E-state index in [1.165, 1.54) is 0 Å². The Bertz CT molecular complexity index is 595. The maximum absolute atomic E-state index is 11.5. The molecule has 19 heavy (non-hydrogen) atoms. The number of hydrogen-bond acceptors (Lipinski definition) is 5. The molecule has 0 aliphatic carbocycles. The predicted octanol–water partition coefficient (Wildman–Crippen LogP) is -0.316. The van der Waals surface area contributed by atoms with Gasteiger partial charge in [-0.1, -0.05) is 30.3 Å². The minimum atomic E-state index is -3.71. The first-order valence-electron chi connectivity index (χ1n) is 5.58. The molecule has 0 fully saturated rings. The zero-order valence-electron chi connectivity index (χ0n) is 10.5. The Morgan fingerprint density at radius 2 is 1.68 bits per heavy atom. The number of aliphatic hydroxyl groups is 1. The third-order valence-corrected chi connectivity index (χ3v) is 4.96. The highest BCUT2D eigenvalue weighted by Gasteiger charge is 2.16. The maximum atomic E-state index is 11.5. The van der Waals surface area contributed by atoms with Crippen molar-refractivity contribution in [2.24, 2.45) is 0 Å². The van der Waals surface area contributed by atoms with Crippen LogP contribution in [0.3, 0.4) is 0 Å². The minimum absolute atomic E-state index is 0.184. The molecule has 1 aromatic rings. The fourth-order valence-corrected chi connectivity index (χ4v) is 3.98. The monoisotopic (exact) mass is 307 g/mol. The molecule has 0 aliphatic rings. The van der Waals surface area contributed by atoms with E-state index in [-0.39, 0.29) is 6.54 Å². The standard InChI is InChI=1S/C11H17NO5S2/c1-18(14,15)7-8-19(16,17)12-9-11(13)10-5-3-2-4-6-10/h2-6,11-13H,7-9H2,1H3. The van der Waals surface area contributed by atoms with E-state index in [0.717, 1.165) is 6.26 Å². The molecule has 0 saturated carbocycles. The smallest absolute Gasteiger partial charge is 0.212 e. The van der Waals surface area contributed by atoms with E-state index in [4.69, 9.17) is 0 Å². The highest BCUT2D eigenvalue weighted by Crippen LogP contribution is 2.10. The summed E-state index contributed by atoms with van der Waals surface area (Å²) >= 11 is 0. The van der Waals surface area contributed by atoms with Crippen LogP contribution < -0.4 is 4.72 Å². The summed E-state index contributed by atoms with van der Waals surface area (Å²) in [5.74, 6) is -0.947. The summed E-state index contributed by atoms with van der Waals surface area (Å²) in [6.07, 6.45) is 0.00985. The van der Waals surface area contributed by atoms with E-state index in [0.29, 0.717) is 5.56 Å². The average Bonchev–Trinajstić information content (AvgIpc) is 2.34. The van der Waals surface area contributed by atoms with Crippen LogP contribution in [0.5, 0.6) is 0 Å². The summed E-state index contributed by atoms with van der Waals surface area (Å²) in [5.41, 5.74) is 0.591. The van der Waals surface area contributed by atoms with Gasteiger partial charge in [-0.2, -0.15) is 0 Å². The van der Waals surface area contributed by atoms with E-state index in [9.17, 15) is 21.9 Å². The van der Waals surface area contributed by atoms with Crippen LogP contribution in [0.2, 0.25) is 0 Å². The first-order chi connectivity index (χ1) is 8.70. The lowest BCUT2D eigenvalue weighted by molar-refractivity contribution is 0.182. The molecular weight excluding hydrogens is 290 g/mol. The second-order valence-corrected chi connectivity index (χ2v) is 8.41. The molecule has 1 rings (SSSR count). The zero-order valence-corrected chi connectivity index (χ0v) is 12.1. The van der Waals surface area contributed by atoms with Crippen molar-refractivity contribution in [1.29, 1.82) is 0 Å². The quantitative estimate of drug-likeness (QED) is 0.719. The van der Waals surface area contributed by atoms with Gasteiger partial charge in [0, 0.05) is 12.8 Å². The Balaban J connectivity index is 2.52. The van der Waals surface area contributed by atoms with Gasteiger partial charge < -0.3 is 5.11 Å². The van der Waals surface area contributed by atoms with Crippen molar-refractivity contribution in [3.63, 3.8) is 0 Å². The van der Waals surface area contributed by atoms with Gasteiger partial charge >= 0.3 is 0 Å². The molecular formula is C11H17NO5S2. The summed E-state index contributed by atoms with van der Waals surface area (Å²) in [4.78, 5) is 0. The fourth-order valence-electron chi connectivity index (χ4n) is 1.33. The van der Waals surface area contributed by atoms with E-state index >= 15 is 0 Å². The highest BCUT2D eigenvalue weighted by atomic mass is 32.2. The maximum Gasteiger partial charge on any atom is 0.212 e. The largest absolute Gasteiger partial charge is 0.387 e. The Labute approximate surface area is 113 Å². The normalized spacial score (nSPS) is 14.2. The van der Waals surface area contributed by atoms with E-state index in [2.05, 4.69) is 4.72 Å². The lowest BCUT2D eigenvalue weighted by Gasteiger charge is -2.12. The topological polar surface area (TPSA) is 101 Å². The summed E-state index contributed by atoms with van der Waals surface area (Å²) in [7, 11) is -7.04. The van der Waals surface area contributed by atoms with Crippen LogP contribution in [0.15, 0.2) is 30.3 Å². The van der Waals surface area contributed by atoms with Crippen LogP contribution in [0.4, 0.5) is 0 Å². The molecule has 1 aromatic carbocycles. The molecule has 0 aliphatic heterocycles. The van der Waals surface area contributed by atoms with Gasteiger partial charge in [-0.05, 0) is 5.56 Å². The Morgan fingerprint density at radius 1 is 1.11 bits per heavy atom. The second-order valence-electron chi connectivity index (χ2n) is 4.22. The van der Waals surface area contributed by atoms with Crippen LogP contribution in [-0.4, -0.2) is 46.2 Å². The molecule has 0 radical (unpaired) electrons. The Morgan fingerprint density at radius 3 is 2.21 bits per heavy atom. The number of hydrogen-bond donors (Lipinski definition) is 2. The van der Waals surface area contributed by atoms with E-state index < -0.39 is 37.5 Å². The van der Waals surface area contributed by atoms with Crippen LogP contribution in [0.25, 0.3) is 0 Å². The zero-order chi connectivity index (χ0) is 14.5. The molecule has 0 saturated heterocycles. The summed E-state index contributed by atoms with van der Waals surface area (Å²) in [5, 5.41) is 9.77. The van der Waals surface area contributed by atoms with Crippen molar-refractivity contribution >= 4 is 19.9 Å². The predicted molar refractivity (Wildman–Crippen MR) is 72.9 cm³/mol. The molecule has 2 N–H and O–H groups in total. The van der Waals surface area contributed by atoms with Crippen molar-refractivity contribution in [2.45, 2.75) is 6.10 Å². The summed E-state index contributed by atoms with van der Waals surface area (Å²) < 4.78 is 47.0. The van der Waals surface area contributed by atoms with Gasteiger partial charge in [0.15, 0.2) is 0 Å². The van der Waals surface area contributed by atoms with Gasteiger partial charge in [0.05, 0.1) is 17.6 Å². The number of aliphatic hydroxyl groups excluding tert-OH is 1. The minimum Gasteiger partial charge on any atom is -0.387 e. The van der Waals surface area contributed by atoms with Crippen molar-refractivity contribution < 1.29 is 21.9 Å². The van der Waals surface area contributed by atoms with Crippen LogP contribution in [0, 0.1) is 0 Å². The van der Waals surface area contributed by atoms with Crippen molar-refractivity contribution in [1.82, 2.24) is 4.72 Å². The van der Waals surface area contributed by atoms with E-state index in [1.807, 2.05) is 0 Å². The molecule has 0 amide bonds. The van der Waals surface area contributed by atoms with Crippen molar-refractivity contribution in [3.8, 4) is 0 Å². The number of sulfone groups is 1. The highest BCUT2D eigenvalue weighted by molar-refractivity contribution is 7.93. The SMILES string of the molecule is CS(=O)(=O)CCS(=O)(=O)NCC(O)c1ccccc1. The Kier molecular flexibility index (Phi) is 5.48. The first kappa shape index (κ1) is 16.1. The number of nitrogens with one attached hydrogen (secondary N) is 1. The molecule has 1 unspecified atom stereocenters. The van der Waals surface area contributed by atoms with Crippen LogP contribution in [0.1, 0.15) is 11.7 Å². The molecule has 0 spiro atoms. The van der Waals surface area contributed by atoms with Gasteiger partial charge in [-0.15, -0.1) is 0 Å². The third-order valence-electron chi connectivity index (χ3n) is 2.40. The number of rotatable bonds is 7. The third kappa shape index (κ3) is 6.67. The van der Waals surface area contributed by atoms with Gasteiger partial charge in [0.1, 0.15) is 9.84 Å². The lowest BCUT2D eigenvalue weighted by atomic mass is 10.1. The lowest BCUT2D eigenvalue weighted by Crippen LogP contribution is -2.32. The van der Waals surface area contributed by atoms with Crippen LogP contribution >= 0.6 is 0 Å². The van der Waals surface area contributed by atoms with Crippen molar-refractivity contribution in [3.05, 3.63) is 35.9 Å². The first-order valence-corrected chi connectivity index (χ1v) is 9.29. The second kappa shape index (κ2) is 6.47. The van der Waals surface area contributed by atoms with E-state index in [1.54, 1.807) is 30.3 Å². The van der Waals surface area contributed by atoms with Crippen LogP contribution in [-0.2, 0) is 19.9 Å².